The molecule has 3 aromatic rings. The molecule has 306 valence electrons. The van der Waals surface area contributed by atoms with Crippen molar-refractivity contribution < 1.29 is 41.4 Å². The van der Waals surface area contributed by atoms with Gasteiger partial charge < -0.3 is 23.4 Å². The highest BCUT2D eigenvalue weighted by atomic mass is 28.4. The van der Waals surface area contributed by atoms with Crippen LogP contribution in [0.25, 0.3) is 0 Å². The van der Waals surface area contributed by atoms with E-state index >= 15 is 0 Å². The van der Waals surface area contributed by atoms with Crippen molar-refractivity contribution >= 4 is 33.0 Å². The molecule has 1 N–H and O–H groups in total. The lowest BCUT2D eigenvalue weighted by atomic mass is 9.72. The fraction of sp³-hybridized carbons (Fsp3) is 0.489. The average molecular weight is 811 g/mol. The number of hydrogen-bond acceptors (Lipinski definition) is 6. The Balaban J connectivity index is 1.76. The fourth-order valence-corrected chi connectivity index (χ4v) is 13.0. The maximum absolute atomic E-state index is 14.8. The Kier molecular flexibility index (Phi) is 14.0. The average Bonchev–Trinajstić information content (AvgIpc) is 3.12. The third-order valence-corrected chi connectivity index (χ3v) is 21.2. The van der Waals surface area contributed by atoms with Gasteiger partial charge in [0.15, 0.2) is 8.32 Å². The molecule has 3 aromatic carbocycles. The molecule has 0 heterocycles. The van der Waals surface area contributed by atoms with Gasteiger partial charge in [0.05, 0.1) is 13.2 Å². The van der Waals surface area contributed by atoms with Crippen LogP contribution in [-0.4, -0.2) is 66.4 Å². The molecule has 0 amide bonds. The van der Waals surface area contributed by atoms with Gasteiger partial charge in [-0.25, -0.2) is 4.79 Å². The first-order chi connectivity index (χ1) is 25.9. The first-order valence-corrected chi connectivity index (χ1v) is 24.1. The van der Waals surface area contributed by atoms with Crippen LogP contribution in [0.4, 0.5) is 13.2 Å². The summed E-state index contributed by atoms with van der Waals surface area (Å²) in [4.78, 5) is 13.6. The minimum atomic E-state index is -5.15. The quantitative estimate of drug-likeness (QED) is 0.0994. The molecule has 0 aromatic heterocycles. The molecular weight excluding hydrogens is 750 g/mol. The van der Waals surface area contributed by atoms with Crippen LogP contribution < -0.4 is 10.4 Å². The second kappa shape index (κ2) is 17.3. The van der Waals surface area contributed by atoms with Gasteiger partial charge in [0, 0.05) is 18.6 Å². The van der Waals surface area contributed by atoms with E-state index in [9.17, 15) is 23.1 Å². The largest absolute Gasteiger partial charge is 0.460 e. The Morgan fingerprint density at radius 2 is 1.34 bits per heavy atom. The summed E-state index contributed by atoms with van der Waals surface area (Å²) in [6.07, 6.45) is -1.21. The number of hydrogen-bond donors (Lipinski definition) is 1. The Morgan fingerprint density at radius 1 is 0.839 bits per heavy atom. The molecule has 11 heteroatoms. The molecule has 4 rings (SSSR count). The maximum atomic E-state index is 14.8. The molecule has 4 atom stereocenters. The van der Waals surface area contributed by atoms with Crippen LogP contribution >= 0.6 is 0 Å². The number of rotatable bonds is 14. The minimum absolute atomic E-state index is 0.0288. The van der Waals surface area contributed by atoms with Gasteiger partial charge in [-0.1, -0.05) is 157 Å². The molecular formula is C45H61F3O6Si2. The van der Waals surface area contributed by atoms with E-state index in [1.165, 1.54) is 24.3 Å². The van der Waals surface area contributed by atoms with Crippen molar-refractivity contribution in [2.24, 2.45) is 11.8 Å². The molecule has 1 aliphatic carbocycles. The van der Waals surface area contributed by atoms with Crippen molar-refractivity contribution in [3.05, 3.63) is 120 Å². The molecule has 0 saturated carbocycles. The van der Waals surface area contributed by atoms with Gasteiger partial charge in [-0.15, -0.1) is 0 Å². The zero-order valence-corrected chi connectivity index (χ0v) is 36.9. The number of carbonyl (C=O) groups excluding carboxylic acids is 1. The summed E-state index contributed by atoms with van der Waals surface area (Å²) in [5.74, 6) is -2.66. The Hall–Kier alpha value is -3.33. The van der Waals surface area contributed by atoms with Crippen molar-refractivity contribution in [3.63, 3.8) is 0 Å². The third kappa shape index (κ3) is 9.34. The van der Waals surface area contributed by atoms with E-state index in [4.69, 9.17) is 18.3 Å². The summed E-state index contributed by atoms with van der Waals surface area (Å²) >= 11 is 0. The van der Waals surface area contributed by atoms with Gasteiger partial charge >= 0.3 is 12.1 Å². The minimum Gasteiger partial charge on any atom is -0.460 e. The smallest absolute Gasteiger partial charge is 0.432 e. The van der Waals surface area contributed by atoms with Crippen LogP contribution in [-0.2, 0) is 28.7 Å². The van der Waals surface area contributed by atoms with Crippen LogP contribution in [0.2, 0.25) is 23.2 Å². The third-order valence-electron chi connectivity index (χ3n) is 11.7. The van der Waals surface area contributed by atoms with Gasteiger partial charge in [0.25, 0.3) is 13.9 Å². The highest BCUT2D eigenvalue weighted by molar-refractivity contribution is 6.99. The van der Waals surface area contributed by atoms with E-state index in [1.807, 2.05) is 62.4 Å². The lowest BCUT2D eigenvalue weighted by molar-refractivity contribution is -0.278. The van der Waals surface area contributed by atoms with Crippen LogP contribution in [0.15, 0.2) is 114 Å². The molecule has 0 radical (unpaired) electrons. The summed E-state index contributed by atoms with van der Waals surface area (Å²) in [6.45, 7) is 21.2. The van der Waals surface area contributed by atoms with E-state index in [1.54, 1.807) is 6.07 Å². The maximum Gasteiger partial charge on any atom is 0.432 e. The zero-order chi connectivity index (χ0) is 41.8. The lowest BCUT2D eigenvalue weighted by Crippen LogP contribution is -2.66. The fourth-order valence-electron chi connectivity index (χ4n) is 7.39. The Morgan fingerprint density at radius 3 is 1.79 bits per heavy atom. The molecule has 56 heavy (non-hydrogen) atoms. The number of esters is 1. The Labute approximate surface area is 334 Å². The number of ether oxygens (including phenoxy) is 2. The van der Waals surface area contributed by atoms with Gasteiger partial charge in [0.1, 0.15) is 12.2 Å². The van der Waals surface area contributed by atoms with Crippen molar-refractivity contribution in [3.8, 4) is 0 Å². The second-order valence-electron chi connectivity index (χ2n) is 17.8. The molecule has 0 fully saturated rings. The summed E-state index contributed by atoms with van der Waals surface area (Å²) in [7, 11) is -4.24. The van der Waals surface area contributed by atoms with Crippen molar-refractivity contribution in [2.45, 2.75) is 102 Å². The van der Waals surface area contributed by atoms with Crippen LogP contribution in [0, 0.1) is 11.8 Å². The standard InChI is InChI=1S/C45H61F3O6Si2/c1-33(30-53-55(10,11)41(3,4)5)27-37-28-35(31-54-56(42(6,7)8,38-23-17-13-18-24-38)39-25-19-14-20-26-39)34(2)29-43(37,50)32-52-40(49)44(51-9,45(46,47)48)36-21-15-12-16-22-36/h12-28,34,37,50H,29-32H2,1-11H3/b33-27+/t34-,37-,43-,44+/m1/s1. The van der Waals surface area contributed by atoms with E-state index in [0.717, 1.165) is 28.6 Å². The number of methoxy groups -OCH3 is 1. The van der Waals surface area contributed by atoms with Crippen molar-refractivity contribution in [1.29, 1.82) is 0 Å². The Bertz CT molecular complexity index is 1780. The van der Waals surface area contributed by atoms with E-state index in [-0.39, 0.29) is 29.0 Å². The number of halogens is 3. The van der Waals surface area contributed by atoms with Gasteiger partial charge in [0.2, 0.25) is 0 Å². The summed E-state index contributed by atoms with van der Waals surface area (Å²) in [5.41, 5.74) is -3.77. The lowest BCUT2D eigenvalue weighted by Gasteiger charge is -2.45. The highest BCUT2D eigenvalue weighted by Gasteiger charge is 2.64. The van der Waals surface area contributed by atoms with E-state index in [0.29, 0.717) is 6.61 Å². The zero-order valence-electron chi connectivity index (χ0n) is 34.9. The monoisotopic (exact) mass is 810 g/mol. The van der Waals surface area contributed by atoms with Crippen molar-refractivity contribution in [1.82, 2.24) is 0 Å². The number of aliphatic hydroxyl groups is 1. The first-order valence-electron chi connectivity index (χ1n) is 19.3. The topological polar surface area (TPSA) is 74.2 Å². The molecule has 0 saturated heterocycles. The first kappa shape index (κ1) is 45.4. The predicted octanol–water partition coefficient (Wildman–Crippen LogP) is 9.49. The molecule has 1 aliphatic rings. The normalized spacial score (nSPS) is 21.3. The van der Waals surface area contributed by atoms with Gasteiger partial charge in [-0.2, -0.15) is 13.2 Å². The molecule has 0 spiro atoms. The second-order valence-corrected chi connectivity index (χ2v) is 26.9. The SMILES string of the molecule is CO[C@](C(=O)OC[C@]1(O)C[C@@H](C)C(CO[Si](c2ccccc2)(c2ccccc2)C(C)(C)C)=C[C@H]1/C=C(\C)CO[Si](C)(C)C(C)(C)C)(c1ccccc1)C(F)(F)F. The number of alkyl halides is 3. The molecule has 0 bridgehead atoms. The summed E-state index contributed by atoms with van der Waals surface area (Å²) in [6, 6.07) is 27.3. The van der Waals surface area contributed by atoms with Gasteiger partial charge in [-0.05, 0) is 58.4 Å². The van der Waals surface area contributed by atoms with Crippen LogP contribution in [0.5, 0.6) is 0 Å². The predicted molar refractivity (Wildman–Crippen MR) is 223 cm³/mol. The molecule has 0 unspecified atom stereocenters. The number of benzene rings is 3. The van der Waals surface area contributed by atoms with E-state index < -0.39 is 58.1 Å². The van der Waals surface area contributed by atoms with E-state index in [2.05, 4.69) is 78.9 Å². The summed E-state index contributed by atoms with van der Waals surface area (Å²) in [5, 5.41) is 14.4. The van der Waals surface area contributed by atoms with Crippen LogP contribution in [0.3, 0.4) is 0 Å². The van der Waals surface area contributed by atoms with Crippen LogP contribution in [0.1, 0.15) is 67.4 Å². The highest BCUT2D eigenvalue weighted by Crippen LogP contribution is 2.45. The number of carbonyl (C=O) groups is 1. The van der Waals surface area contributed by atoms with Crippen molar-refractivity contribution in [2.75, 3.05) is 26.9 Å². The summed E-state index contributed by atoms with van der Waals surface area (Å²) < 4.78 is 68.6. The molecule has 0 aliphatic heterocycles. The van der Waals surface area contributed by atoms with Gasteiger partial charge in [-0.3, -0.25) is 0 Å². The molecule has 6 nitrogen and oxygen atoms in total.